The zero-order valence-corrected chi connectivity index (χ0v) is 18.2. The summed E-state index contributed by atoms with van der Waals surface area (Å²) in [6.45, 7) is 1.27. The van der Waals surface area contributed by atoms with Crippen LogP contribution in [0.25, 0.3) is 0 Å². The molecule has 4 aliphatic rings. The Hall–Kier alpha value is -3.06. The second-order valence-electron chi connectivity index (χ2n) is 8.99. The van der Waals surface area contributed by atoms with E-state index < -0.39 is 0 Å². The van der Waals surface area contributed by atoms with E-state index in [1.165, 1.54) is 5.56 Å². The van der Waals surface area contributed by atoms with Gasteiger partial charge < -0.3 is 20.7 Å². The number of hydrogen-bond acceptors (Lipinski definition) is 4. The number of rotatable bonds is 4. The smallest absolute Gasteiger partial charge is 0.326 e. The van der Waals surface area contributed by atoms with Gasteiger partial charge in [0.1, 0.15) is 6.10 Å². The first-order valence-electron chi connectivity index (χ1n) is 11.6. The van der Waals surface area contributed by atoms with Crippen LogP contribution in [-0.2, 0) is 9.53 Å². The highest BCUT2D eigenvalue weighted by atomic mass is 16.5. The Morgan fingerprint density at radius 1 is 1.06 bits per heavy atom. The molecule has 1 atom stereocenters. The van der Waals surface area contributed by atoms with Crippen LogP contribution in [0.15, 0.2) is 60.1 Å². The van der Waals surface area contributed by atoms with Crippen molar-refractivity contribution in [2.45, 2.75) is 56.6 Å². The van der Waals surface area contributed by atoms with Crippen molar-refractivity contribution in [1.82, 2.24) is 15.5 Å². The normalized spacial score (nSPS) is 26.6. The van der Waals surface area contributed by atoms with Crippen molar-refractivity contribution >= 4 is 17.6 Å². The van der Waals surface area contributed by atoms with Gasteiger partial charge >= 0.3 is 6.03 Å². The molecule has 2 fully saturated rings. The minimum atomic E-state index is -0.249. The number of nitrogens with zero attached hydrogens (tertiary/aromatic N) is 1. The Labute approximate surface area is 188 Å². The second-order valence-corrected chi connectivity index (χ2v) is 8.99. The van der Waals surface area contributed by atoms with Gasteiger partial charge in [0.2, 0.25) is 5.91 Å². The maximum atomic E-state index is 12.6. The van der Waals surface area contributed by atoms with Gasteiger partial charge in [-0.2, -0.15) is 0 Å². The monoisotopic (exact) mass is 434 g/mol. The third kappa shape index (κ3) is 4.58. The standard InChI is InChI=1S/C25H30N4O3/c30-24(23-2-1-13-32-23)27-21-7-3-17(4-8-21)18-5-9-22(10-6-18)28-25(31)29-15-19-11-12-26-14-20(19)16-29/h5-6,9-12,14-15,17,21,23,26H,1-4,7-8,13,16H2,(H,27,30)(H,28,31)/t17-,21+,23-/m0/s1. The maximum Gasteiger partial charge on any atom is 0.326 e. The van der Waals surface area contributed by atoms with Crippen LogP contribution in [0, 0.1) is 0 Å². The first-order chi connectivity index (χ1) is 15.7. The van der Waals surface area contributed by atoms with Crippen LogP contribution < -0.4 is 16.0 Å². The molecule has 7 nitrogen and oxygen atoms in total. The number of allylic oxidation sites excluding steroid dienone is 1. The molecule has 0 spiro atoms. The maximum absolute atomic E-state index is 12.6. The summed E-state index contributed by atoms with van der Waals surface area (Å²) in [5.74, 6) is 0.552. The Balaban J connectivity index is 1.10. The highest BCUT2D eigenvalue weighted by Gasteiger charge is 2.28. The average Bonchev–Trinajstić information content (AvgIpc) is 3.50. The lowest BCUT2D eigenvalue weighted by Crippen LogP contribution is -2.42. The van der Waals surface area contributed by atoms with E-state index in [0.29, 0.717) is 19.1 Å². The second kappa shape index (κ2) is 9.20. The lowest BCUT2D eigenvalue weighted by molar-refractivity contribution is -0.131. The number of fused-ring (bicyclic) bond motifs is 1. The number of benzene rings is 1. The number of amides is 3. The van der Waals surface area contributed by atoms with Crippen LogP contribution in [0.4, 0.5) is 10.5 Å². The lowest BCUT2D eigenvalue weighted by atomic mass is 9.81. The number of carbonyl (C=O) groups is 2. The van der Waals surface area contributed by atoms with E-state index in [1.54, 1.807) is 4.90 Å². The van der Waals surface area contributed by atoms with Crippen molar-refractivity contribution in [2.75, 3.05) is 18.5 Å². The highest BCUT2D eigenvalue weighted by Crippen LogP contribution is 2.33. The molecule has 0 bridgehead atoms. The Morgan fingerprint density at radius 3 is 2.59 bits per heavy atom. The first-order valence-corrected chi connectivity index (χ1v) is 11.6. The summed E-state index contributed by atoms with van der Waals surface area (Å²) in [5, 5.41) is 9.23. The van der Waals surface area contributed by atoms with Crippen molar-refractivity contribution in [3.05, 3.63) is 65.7 Å². The fraction of sp³-hybridized carbons (Fsp3) is 0.440. The number of urea groups is 1. The van der Waals surface area contributed by atoms with Crippen LogP contribution >= 0.6 is 0 Å². The van der Waals surface area contributed by atoms with Crippen LogP contribution in [0.1, 0.15) is 50.0 Å². The van der Waals surface area contributed by atoms with E-state index in [0.717, 1.165) is 55.4 Å². The molecular weight excluding hydrogens is 404 g/mol. The summed E-state index contributed by atoms with van der Waals surface area (Å²) in [4.78, 5) is 26.6. The molecule has 3 amide bonds. The van der Waals surface area contributed by atoms with Gasteiger partial charge in [0.05, 0.1) is 6.54 Å². The lowest BCUT2D eigenvalue weighted by Gasteiger charge is -2.30. The number of anilines is 1. The van der Waals surface area contributed by atoms with Gasteiger partial charge in [0.25, 0.3) is 0 Å². The molecule has 5 rings (SSSR count). The summed E-state index contributed by atoms with van der Waals surface area (Å²) < 4.78 is 5.49. The number of dihydropyridines is 1. The Morgan fingerprint density at radius 2 is 1.88 bits per heavy atom. The molecule has 1 aromatic carbocycles. The molecule has 3 heterocycles. The SMILES string of the molecule is O=C(N[C@H]1CC[C@@H](c2ccc(NC(=O)N3C=C4C=CNC=C4C3)cc2)CC1)[C@@H]1CCCO1. The molecule has 1 aliphatic carbocycles. The van der Waals surface area contributed by atoms with Crippen molar-refractivity contribution in [2.24, 2.45) is 0 Å². The number of ether oxygens (including phenoxy) is 1. The van der Waals surface area contributed by atoms with Gasteiger partial charge in [-0.1, -0.05) is 12.1 Å². The van der Waals surface area contributed by atoms with E-state index in [9.17, 15) is 9.59 Å². The number of nitrogens with one attached hydrogen (secondary N) is 3. The number of hydrogen-bond donors (Lipinski definition) is 3. The Bertz CT molecular complexity index is 952. The summed E-state index contributed by atoms with van der Waals surface area (Å²) in [7, 11) is 0. The average molecular weight is 435 g/mol. The molecule has 168 valence electrons. The molecule has 3 aliphatic heterocycles. The van der Waals surface area contributed by atoms with Gasteiger partial charge in [0, 0.05) is 36.9 Å². The van der Waals surface area contributed by atoms with Crippen molar-refractivity contribution in [3.8, 4) is 0 Å². The van der Waals surface area contributed by atoms with Gasteiger partial charge in [0.15, 0.2) is 0 Å². The summed E-state index contributed by atoms with van der Waals surface area (Å²) >= 11 is 0. The topological polar surface area (TPSA) is 82.7 Å². The molecule has 3 N–H and O–H groups in total. The highest BCUT2D eigenvalue weighted by molar-refractivity contribution is 5.91. The van der Waals surface area contributed by atoms with E-state index in [4.69, 9.17) is 4.74 Å². The summed E-state index contributed by atoms with van der Waals surface area (Å²) in [6, 6.07) is 8.31. The van der Waals surface area contributed by atoms with E-state index in [-0.39, 0.29) is 24.1 Å². The van der Waals surface area contributed by atoms with E-state index >= 15 is 0 Å². The van der Waals surface area contributed by atoms with Gasteiger partial charge in [-0.3, -0.25) is 9.69 Å². The fourth-order valence-corrected chi connectivity index (χ4v) is 4.95. The molecule has 0 radical (unpaired) electrons. The quantitative estimate of drug-likeness (QED) is 0.674. The number of carbonyl (C=O) groups excluding carboxylic acids is 2. The zero-order valence-electron chi connectivity index (χ0n) is 18.2. The van der Waals surface area contributed by atoms with Gasteiger partial charge in [-0.15, -0.1) is 0 Å². The molecule has 7 heteroatoms. The van der Waals surface area contributed by atoms with Crippen molar-refractivity contribution in [1.29, 1.82) is 0 Å². The van der Waals surface area contributed by atoms with Crippen LogP contribution in [0.5, 0.6) is 0 Å². The zero-order chi connectivity index (χ0) is 21.9. The minimum Gasteiger partial charge on any atom is -0.368 e. The molecule has 1 saturated heterocycles. The first kappa shape index (κ1) is 20.8. The van der Waals surface area contributed by atoms with Crippen LogP contribution in [0.3, 0.4) is 0 Å². The third-order valence-electron chi connectivity index (χ3n) is 6.81. The van der Waals surface area contributed by atoms with Crippen LogP contribution in [0.2, 0.25) is 0 Å². The largest absolute Gasteiger partial charge is 0.368 e. The summed E-state index contributed by atoms with van der Waals surface area (Å²) in [6.07, 6.45) is 13.3. The molecular formula is C25H30N4O3. The van der Waals surface area contributed by atoms with Crippen LogP contribution in [-0.4, -0.2) is 42.1 Å². The predicted octanol–water partition coefficient (Wildman–Crippen LogP) is 3.74. The fourth-order valence-electron chi connectivity index (χ4n) is 4.95. The van der Waals surface area contributed by atoms with Gasteiger partial charge in [-0.05, 0) is 79.4 Å². The van der Waals surface area contributed by atoms with Gasteiger partial charge in [-0.25, -0.2) is 4.79 Å². The Kier molecular flexibility index (Phi) is 5.99. The third-order valence-corrected chi connectivity index (χ3v) is 6.81. The molecule has 0 unspecified atom stereocenters. The molecule has 1 aromatic rings. The van der Waals surface area contributed by atoms with Crippen molar-refractivity contribution in [3.63, 3.8) is 0 Å². The van der Waals surface area contributed by atoms with E-state index in [1.807, 2.05) is 36.8 Å². The van der Waals surface area contributed by atoms with E-state index in [2.05, 4.69) is 28.1 Å². The minimum absolute atomic E-state index is 0.0579. The predicted molar refractivity (Wildman–Crippen MR) is 123 cm³/mol. The molecule has 1 saturated carbocycles. The molecule has 32 heavy (non-hydrogen) atoms. The molecule has 0 aromatic heterocycles. The van der Waals surface area contributed by atoms with Crippen molar-refractivity contribution < 1.29 is 14.3 Å². The summed E-state index contributed by atoms with van der Waals surface area (Å²) in [5.41, 5.74) is 4.27.